The molecule has 0 unspecified atom stereocenters. The van der Waals surface area contributed by atoms with Crippen molar-refractivity contribution in [2.24, 2.45) is 5.92 Å². The lowest BCUT2D eigenvalue weighted by atomic mass is 9.82. The third kappa shape index (κ3) is 2.12. The molecular weight excluding hydrogens is 293 g/mol. The number of rotatable bonds is 2. The van der Waals surface area contributed by atoms with Gasteiger partial charge in [0.05, 0.1) is 17.2 Å². The summed E-state index contributed by atoms with van der Waals surface area (Å²) < 4.78 is 39.9. The minimum Gasteiger partial charge on any atom is -0.333 e. The van der Waals surface area contributed by atoms with E-state index in [1.807, 2.05) is 0 Å². The number of nitrogens with zero attached hydrogens (tertiary/aromatic N) is 1. The molecule has 0 spiro atoms. The first-order valence-corrected chi connectivity index (χ1v) is 7.68. The van der Waals surface area contributed by atoms with Crippen molar-refractivity contribution in [2.45, 2.75) is 31.0 Å². The first-order valence-electron chi connectivity index (χ1n) is 7.68. The molecule has 3 aliphatic rings. The van der Waals surface area contributed by atoms with Gasteiger partial charge in [-0.1, -0.05) is 12.1 Å². The lowest BCUT2D eigenvalue weighted by Gasteiger charge is -2.39. The molecule has 4 rings (SSSR count). The van der Waals surface area contributed by atoms with E-state index < -0.39 is 17.6 Å². The van der Waals surface area contributed by atoms with Crippen LogP contribution in [0.5, 0.6) is 0 Å². The van der Waals surface area contributed by atoms with E-state index in [0.29, 0.717) is 31.1 Å². The van der Waals surface area contributed by atoms with E-state index in [1.165, 1.54) is 6.07 Å². The van der Waals surface area contributed by atoms with Crippen LogP contribution in [0.25, 0.3) is 0 Å². The molecule has 22 heavy (non-hydrogen) atoms. The summed E-state index contributed by atoms with van der Waals surface area (Å²) in [6.07, 6.45) is -2.35. The summed E-state index contributed by atoms with van der Waals surface area (Å²) in [6, 6.07) is 4.11. The largest absolute Gasteiger partial charge is 0.417 e. The summed E-state index contributed by atoms with van der Waals surface area (Å²) in [6.45, 7) is 1.89. The van der Waals surface area contributed by atoms with Gasteiger partial charge in [-0.3, -0.25) is 4.79 Å². The van der Waals surface area contributed by atoms with Crippen molar-refractivity contribution in [1.82, 2.24) is 10.2 Å². The molecule has 1 aromatic carbocycles. The molecule has 2 heterocycles. The Morgan fingerprint density at radius 3 is 2.68 bits per heavy atom. The standard InChI is InChI=1S/C16H17F3N2O/c17-16(18,19)12-3-1-2-10-11-6-20-7-13(11)21(8-9-4-5-9)15(22)14(10)12/h1-3,9,11,13,20H,4-8H2/t11-,13-/m1/s1. The van der Waals surface area contributed by atoms with Gasteiger partial charge in [-0.15, -0.1) is 0 Å². The Labute approximate surface area is 126 Å². The first-order chi connectivity index (χ1) is 10.5. The Kier molecular flexibility index (Phi) is 3.01. The van der Waals surface area contributed by atoms with Crippen LogP contribution in [-0.4, -0.2) is 36.5 Å². The lowest BCUT2D eigenvalue weighted by Crippen LogP contribution is -2.49. The Morgan fingerprint density at radius 2 is 2.00 bits per heavy atom. The lowest BCUT2D eigenvalue weighted by molar-refractivity contribution is -0.138. The SMILES string of the molecule is O=C1c2c(cccc2C(F)(F)F)[C@H]2CNC[C@H]2N1CC1CC1. The second-order valence-electron chi connectivity index (χ2n) is 6.50. The van der Waals surface area contributed by atoms with E-state index in [4.69, 9.17) is 0 Å². The van der Waals surface area contributed by atoms with Crippen LogP contribution in [-0.2, 0) is 6.18 Å². The number of fused-ring (bicyclic) bond motifs is 3. The van der Waals surface area contributed by atoms with E-state index in [0.717, 1.165) is 18.9 Å². The molecule has 2 aliphatic heterocycles. The van der Waals surface area contributed by atoms with Crippen LogP contribution in [0.1, 0.15) is 40.2 Å². The maximum absolute atomic E-state index is 13.3. The minimum absolute atomic E-state index is 0.0101. The van der Waals surface area contributed by atoms with Crippen molar-refractivity contribution in [1.29, 1.82) is 0 Å². The van der Waals surface area contributed by atoms with E-state index in [2.05, 4.69) is 5.32 Å². The number of hydrogen-bond donors (Lipinski definition) is 1. The smallest absolute Gasteiger partial charge is 0.333 e. The van der Waals surface area contributed by atoms with Crippen molar-refractivity contribution >= 4 is 5.91 Å². The predicted octanol–water partition coefficient (Wildman–Crippen LogP) is 2.63. The fraction of sp³-hybridized carbons (Fsp3) is 0.562. The molecule has 1 saturated carbocycles. The topological polar surface area (TPSA) is 32.3 Å². The summed E-state index contributed by atoms with van der Waals surface area (Å²) in [5, 5.41) is 3.23. The Hall–Kier alpha value is -1.56. The second kappa shape index (κ2) is 4.72. The monoisotopic (exact) mass is 310 g/mol. The molecule has 1 aromatic rings. The van der Waals surface area contributed by atoms with Gasteiger partial charge in [-0.05, 0) is 30.4 Å². The highest BCUT2D eigenvalue weighted by atomic mass is 19.4. The van der Waals surface area contributed by atoms with Gasteiger partial charge >= 0.3 is 6.18 Å². The molecule has 2 fully saturated rings. The summed E-state index contributed by atoms with van der Waals surface area (Å²) in [7, 11) is 0. The van der Waals surface area contributed by atoms with Gasteiger partial charge in [0.1, 0.15) is 0 Å². The fourth-order valence-electron chi connectivity index (χ4n) is 3.75. The average Bonchev–Trinajstić information content (AvgIpc) is 3.15. The van der Waals surface area contributed by atoms with Gasteiger partial charge in [-0.25, -0.2) is 0 Å². The Balaban J connectivity index is 1.83. The van der Waals surface area contributed by atoms with Crippen LogP contribution < -0.4 is 5.32 Å². The molecule has 1 aliphatic carbocycles. The Bertz CT molecular complexity index is 624. The van der Waals surface area contributed by atoms with Gasteiger partial charge < -0.3 is 10.2 Å². The van der Waals surface area contributed by atoms with Gasteiger partial charge in [-0.2, -0.15) is 13.2 Å². The number of carbonyl (C=O) groups excluding carboxylic acids is 1. The zero-order valence-corrected chi connectivity index (χ0v) is 12.0. The van der Waals surface area contributed by atoms with Crippen LogP contribution in [0, 0.1) is 5.92 Å². The van der Waals surface area contributed by atoms with Crippen LogP contribution in [0.4, 0.5) is 13.2 Å². The average molecular weight is 310 g/mol. The zero-order chi connectivity index (χ0) is 15.5. The first kappa shape index (κ1) is 14.1. The number of halogens is 3. The number of benzene rings is 1. The highest BCUT2D eigenvalue weighted by Crippen LogP contribution is 2.43. The molecule has 1 N–H and O–H groups in total. The molecule has 3 nitrogen and oxygen atoms in total. The van der Waals surface area contributed by atoms with Crippen molar-refractivity contribution in [2.75, 3.05) is 19.6 Å². The molecule has 0 aromatic heterocycles. The van der Waals surface area contributed by atoms with Crippen molar-refractivity contribution in [3.63, 3.8) is 0 Å². The maximum Gasteiger partial charge on any atom is 0.417 e. The van der Waals surface area contributed by atoms with Crippen molar-refractivity contribution in [3.05, 3.63) is 34.9 Å². The highest BCUT2D eigenvalue weighted by Gasteiger charge is 2.47. The third-order valence-electron chi connectivity index (χ3n) is 5.01. The zero-order valence-electron chi connectivity index (χ0n) is 12.0. The van der Waals surface area contributed by atoms with Crippen LogP contribution in [0.2, 0.25) is 0 Å². The molecule has 1 amide bonds. The fourth-order valence-corrected chi connectivity index (χ4v) is 3.75. The van der Waals surface area contributed by atoms with Crippen molar-refractivity contribution < 1.29 is 18.0 Å². The van der Waals surface area contributed by atoms with E-state index in [9.17, 15) is 18.0 Å². The van der Waals surface area contributed by atoms with Gasteiger partial charge in [0.2, 0.25) is 0 Å². The molecule has 6 heteroatoms. The van der Waals surface area contributed by atoms with Crippen LogP contribution in [0.3, 0.4) is 0 Å². The molecular formula is C16H17F3N2O. The molecule has 1 saturated heterocycles. The predicted molar refractivity (Wildman–Crippen MR) is 74.6 cm³/mol. The van der Waals surface area contributed by atoms with E-state index in [-0.39, 0.29) is 17.5 Å². The molecule has 118 valence electrons. The normalized spacial score (nSPS) is 27.8. The molecule has 0 bridgehead atoms. The summed E-state index contributed by atoms with van der Waals surface area (Å²) in [5.41, 5.74) is -0.358. The number of carbonyl (C=O) groups is 1. The number of alkyl halides is 3. The van der Waals surface area contributed by atoms with Gasteiger partial charge in [0.15, 0.2) is 0 Å². The third-order valence-corrected chi connectivity index (χ3v) is 5.01. The van der Waals surface area contributed by atoms with E-state index in [1.54, 1.807) is 11.0 Å². The highest BCUT2D eigenvalue weighted by molar-refractivity contribution is 5.99. The quantitative estimate of drug-likeness (QED) is 0.911. The minimum atomic E-state index is -4.49. The number of amides is 1. The second-order valence-corrected chi connectivity index (χ2v) is 6.50. The van der Waals surface area contributed by atoms with Crippen LogP contribution in [0.15, 0.2) is 18.2 Å². The van der Waals surface area contributed by atoms with Crippen LogP contribution >= 0.6 is 0 Å². The van der Waals surface area contributed by atoms with Gasteiger partial charge in [0, 0.05) is 25.6 Å². The van der Waals surface area contributed by atoms with Crippen molar-refractivity contribution in [3.8, 4) is 0 Å². The number of hydrogen-bond acceptors (Lipinski definition) is 2. The Morgan fingerprint density at radius 1 is 1.23 bits per heavy atom. The van der Waals surface area contributed by atoms with Gasteiger partial charge in [0.25, 0.3) is 5.91 Å². The molecule has 0 radical (unpaired) electrons. The van der Waals surface area contributed by atoms with E-state index >= 15 is 0 Å². The summed E-state index contributed by atoms with van der Waals surface area (Å²) in [4.78, 5) is 14.5. The maximum atomic E-state index is 13.3. The summed E-state index contributed by atoms with van der Waals surface area (Å²) in [5.74, 6) is -0.0154. The number of nitrogens with one attached hydrogen (secondary N) is 1. The summed E-state index contributed by atoms with van der Waals surface area (Å²) >= 11 is 0. The molecule has 2 atom stereocenters.